The number of phenols is 1. The molecule has 0 saturated heterocycles. The summed E-state index contributed by atoms with van der Waals surface area (Å²) in [5, 5.41) is 12.1. The van der Waals surface area contributed by atoms with E-state index in [0.717, 1.165) is 6.07 Å². The van der Waals surface area contributed by atoms with Gasteiger partial charge in [0.05, 0.1) is 11.6 Å². The van der Waals surface area contributed by atoms with Crippen LogP contribution in [0.25, 0.3) is 0 Å². The fourth-order valence-electron chi connectivity index (χ4n) is 2.13. The molecule has 0 aromatic heterocycles. The molecule has 0 fully saturated rings. The van der Waals surface area contributed by atoms with Gasteiger partial charge in [-0.1, -0.05) is 0 Å². The highest BCUT2D eigenvalue weighted by molar-refractivity contribution is 5.99. The molecule has 2 rings (SSSR count). The van der Waals surface area contributed by atoms with Gasteiger partial charge in [0, 0.05) is 23.4 Å². The van der Waals surface area contributed by atoms with Gasteiger partial charge in [0.1, 0.15) is 23.2 Å². The number of halogens is 3. The van der Waals surface area contributed by atoms with Gasteiger partial charge >= 0.3 is 0 Å². The van der Waals surface area contributed by atoms with Gasteiger partial charge in [0.25, 0.3) is 5.91 Å². The highest BCUT2D eigenvalue weighted by atomic mass is 19.1. The van der Waals surface area contributed by atoms with Crippen molar-refractivity contribution in [1.82, 2.24) is 0 Å². The molecule has 22 heavy (non-hydrogen) atoms. The summed E-state index contributed by atoms with van der Waals surface area (Å²) in [6, 6.07) is 4.02. The summed E-state index contributed by atoms with van der Waals surface area (Å²) in [5.41, 5.74) is 4.98. The predicted molar refractivity (Wildman–Crippen MR) is 75.0 cm³/mol. The second-order valence-corrected chi connectivity index (χ2v) is 4.74. The number of benzene rings is 2. The van der Waals surface area contributed by atoms with Gasteiger partial charge in [-0.3, -0.25) is 4.79 Å². The fraction of sp³-hybridized carbons (Fsp3) is 0.133. The van der Waals surface area contributed by atoms with Crippen LogP contribution in [0.4, 0.5) is 18.9 Å². The third kappa shape index (κ3) is 3.13. The van der Waals surface area contributed by atoms with Crippen LogP contribution >= 0.6 is 0 Å². The van der Waals surface area contributed by atoms with Crippen LogP contribution in [0, 0.1) is 17.5 Å². The number of nitrogens with one attached hydrogen (secondary N) is 1. The molecule has 0 bridgehead atoms. The van der Waals surface area contributed by atoms with Crippen LogP contribution < -0.4 is 11.1 Å². The van der Waals surface area contributed by atoms with Crippen molar-refractivity contribution in [2.75, 3.05) is 5.32 Å². The molecule has 4 nitrogen and oxygen atoms in total. The Morgan fingerprint density at radius 1 is 1.18 bits per heavy atom. The number of nitrogens with two attached hydrogens (primary N) is 1. The minimum absolute atomic E-state index is 0.0326. The lowest BCUT2D eigenvalue weighted by molar-refractivity contribution is 0.100. The van der Waals surface area contributed by atoms with E-state index in [4.69, 9.17) is 5.73 Å². The molecule has 116 valence electrons. The number of hydrogen-bond donors (Lipinski definition) is 3. The summed E-state index contributed by atoms with van der Waals surface area (Å²) in [5.74, 6) is -4.10. The zero-order valence-electron chi connectivity index (χ0n) is 11.5. The van der Waals surface area contributed by atoms with Crippen molar-refractivity contribution in [2.24, 2.45) is 5.73 Å². The average Bonchev–Trinajstić information content (AvgIpc) is 2.39. The summed E-state index contributed by atoms with van der Waals surface area (Å²) in [6.45, 7) is 1.44. The zero-order chi connectivity index (χ0) is 16.4. The Morgan fingerprint density at radius 3 is 2.32 bits per heavy atom. The summed E-state index contributed by atoms with van der Waals surface area (Å²) < 4.78 is 40.4. The normalized spacial score (nSPS) is 12.0. The Labute approximate surface area is 124 Å². The molecule has 2 aromatic carbocycles. The van der Waals surface area contributed by atoms with Crippen molar-refractivity contribution in [3.63, 3.8) is 0 Å². The number of aromatic hydroxyl groups is 1. The van der Waals surface area contributed by atoms with Gasteiger partial charge in [-0.15, -0.1) is 0 Å². The molecular weight excluding hydrogens is 297 g/mol. The first kappa shape index (κ1) is 15.7. The number of phenolic OH excluding ortho intramolecular Hbond substituents is 1. The average molecular weight is 310 g/mol. The lowest BCUT2D eigenvalue weighted by Gasteiger charge is -2.19. The molecule has 0 saturated carbocycles. The quantitative estimate of drug-likeness (QED) is 0.760. The summed E-state index contributed by atoms with van der Waals surface area (Å²) in [6.07, 6.45) is 0. The maximum Gasteiger partial charge on any atom is 0.250 e. The first-order chi connectivity index (χ1) is 10.3. The molecule has 0 radical (unpaired) electrons. The first-order valence-electron chi connectivity index (χ1n) is 6.33. The Morgan fingerprint density at radius 2 is 1.77 bits per heavy atom. The van der Waals surface area contributed by atoms with Crippen LogP contribution in [0.15, 0.2) is 30.3 Å². The van der Waals surface area contributed by atoms with E-state index < -0.39 is 29.4 Å². The maximum atomic E-state index is 13.7. The van der Waals surface area contributed by atoms with Gasteiger partial charge < -0.3 is 16.2 Å². The lowest BCUT2D eigenvalue weighted by atomic mass is 10.0. The number of primary amides is 1. The molecule has 0 aliphatic carbocycles. The largest absolute Gasteiger partial charge is 0.508 e. The van der Waals surface area contributed by atoms with Gasteiger partial charge in [-0.05, 0) is 25.1 Å². The minimum atomic E-state index is -1.04. The Hall–Kier alpha value is -2.70. The van der Waals surface area contributed by atoms with Crippen LogP contribution in [-0.2, 0) is 0 Å². The molecule has 4 N–H and O–H groups in total. The van der Waals surface area contributed by atoms with E-state index in [1.807, 2.05) is 0 Å². The van der Waals surface area contributed by atoms with Gasteiger partial charge in [0.15, 0.2) is 0 Å². The highest BCUT2D eigenvalue weighted by Crippen LogP contribution is 2.28. The molecule has 0 aliphatic heterocycles. The Balaban J connectivity index is 2.38. The molecule has 2 aromatic rings. The molecule has 0 spiro atoms. The zero-order valence-corrected chi connectivity index (χ0v) is 11.5. The van der Waals surface area contributed by atoms with E-state index in [2.05, 4.69) is 5.32 Å². The molecule has 1 amide bonds. The molecule has 7 heteroatoms. The summed E-state index contributed by atoms with van der Waals surface area (Å²) in [7, 11) is 0. The van der Waals surface area contributed by atoms with E-state index in [1.54, 1.807) is 0 Å². The second kappa shape index (κ2) is 5.97. The van der Waals surface area contributed by atoms with E-state index >= 15 is 0 Å². The standard InChI is InChI=1S/C15H13F3N2O2/c1-7(14-11(17)4-8(16)5-12(14)18)20-13-3-2-9(21)6-10(13)15(19)22/h2-7,20-21H,1H3,(H2,19,22)/t7-/m1/s1. The molecule has 0 aliphatic rings. The van der Waals surface area contributed by atoms with Crippen molar-refractivity contribution in [3.8, 4) is 5.75 Å². The molecule has 0 unspecified atom stereocenters. The number of carbonyl (C=O) groups excluding carboxylic acids is 1. The van der Waals surface area contributed by atoms with Crippen LogP contribution in [0.2, 0.25) is 0 Å². The number of hydrogen-bond acceptors (Lipinski definition) is 3. The van der Waals surface area contributed by atoms with Crippen LogP contribution in [0.1, 0.15) is 28.9 Å². The van der Waals surface area contributed by atoms with E-state index in [0.29, 0.717) is 12.1 Å². The first-order valence-corrected chi connectivity index (χ1v) is 6.33. The van der Waals surface area contributed by atoms with Gasteiger partial charge in [0.2, 0.25) is 0 Å². The lowest BCUT2D eigenvalue weighted by Crippen LogP contribution is -2.17. The number of anilines is 1. The SMILES string of the molecule is C[C@@H](Nc1ccc(O)cc1C(N)=O)c1c(F)cc(F)cc1F. The van der Waals surface area contributed by atoms with Gasteiger partial charge in [-0.25, -0.2) is 13.2 Å². The van der Waals surface area contributed by atoms with E-state index in [9.17, 15) is 23.1 Å². The second-order valence-electron chi connectivity index (χ2n) is 4.74. The summed E-state index contributed by atoms with van der Waals surface area (Å²) >= 11 is 0. The van der Waals surface area contributed by atoms with Crippen LogP contribution in [-0.4, -0.2) is 11.0 Å². The minimum Gasteiger partial charge on any atom is -0.508 e. The van der Waals surface area contributed by atoms with Crippen molar-refractivity contribution in [3.05, 3.63) is 58.9 Å². The van der Waals surface area contributed by atoms with E-state index in [-0.39, 0.29) is 22.6 Å². The third-order valence-corrected chi connectivity index (χ3v) is 3.12. The van der Waals surface area contributed by atoms with Crippen LogP contribution in [0.5, 0.6) is 5.75 Å². The van der Waals surface area contributed by atoms with Crippen molar-refractivity contribution in [1.29, 1.82) is 0 Å². The number of carbonyl (C=O) groups is 1. The smallest absolute Gasteiger partial charge is 0.250 e. The van der Waals surface area contributed by atoms with E-state index in [1.165, 1.54) is 19.1 Å². The maximum absolute atomic E-state index is 13.7. The van der Waals surface area contributed by atoms with Crippen molar-refractivity contribution >= 4 is 11.6 Å². The third-order valence-electron chi connectivity index (χ3n) is 3.12. The monoisotopic (exact) mass is 310 g/mol. The highest BCUT2D eigenvalue weighted by Gasteiger charge is 2.19. The van der Waals surface area contributed by atoms with Crippen molar-refractivity contribution in [2.45, 2.75) is 13.0 Å². The Bertz CT molecular complexity index is 712. The number of rotatable bonds is 4. The summed E-state index contributed by atoms with van der Waals surface area (Å²) in [4.78, 5) is 11.3. The van der Waals surface area contributed by atoms with Crippen LogP contribution in [0.3, 0.4) is 0 Å². The fourth-order valence-corrected chi connectivity index (χ4v) is 2.13. The molecule has 1 atom stereocenters. The molecular formula is C15H13F3N2O2. The predicted octanol–water partition coefficient (Wildman–Crippen LogP) is 3.08. The topological polar surface area (TPSA) is 75.3 Å². The van der Waals surface area contributed by atoms with Crippen molar-refractivity contribution < 1.29 is 23.1 Å². The number of amides is 1. The Kier molecular flexibility index (Phi) is 4.25. The van der Waals surface area contributed by atoms with Gasteiger partial charge in [-0.2, -0.15) is 0 Å². The molecule has 0 heterocycles.